The van der Waals surface area contributed by atoms with Gasteiger partial charge >= 0.3 is 0 Å². The van der Waals surface area contributed by atoms with Crippen LogP contribution in [-0.2, 0) is 12.8 Å². The van der Waals surface area contributed by atoms with Gasteiger partial charge in [0.15, 0.2) is 11.6 Å². The Morgan fingerprint density at radius 2 is 1.65 bits per heavy atom. The SMILES string of the molecule is COc1ccc(CCc2ccccc2)cc1F. The van der Waals surface area contributed by atoms with Gasteiger partial charge in [0, 0.05) is 0 Å². The first-order valence-corrected chi connectivity index (χ1v) is 5.66. The molecule has 0 N–H and O–H groups in total. The van der Waals surface area contributed by atoms with Crippen molar-refractivity contribution in [3.8, 4) is 5.75 Å². The Morgan fingerprint density at radius 1 is 0.941 bits per heavy atom. The highest BCUT2D eigenvalue weighted by Gasteiger charge is 2.03. The molecule has 0 aliphatic heterocycles. The zero-order valence-electron chi connectivity index (χ0n) is 9.82. The summed E-state index contributed by atoms with van der Waals surface area (Å²) in [6.45, 7) is 0. The van der Waals surface area contributed by atoms with Gasteiger partial charge in [-0.2, -0.15) is 0 Å². The van der Waals surface area contributed by atoms with E-state index in [1.165, 1.54) is 12.7 Å². The second-order valence-corrected chi connectivity index (χ2v) is 3.95. The zero-order chi connectivity index (χ0) is 12.1. The third-order valence-electron chi connectivity index (χ3n) is 2.76. The van der Waals surface area contributed by atoms with Gasteiger partial charge in [-0.15, -0.1) is 0 Å². The molecule has 2 aromatic rings. The zero-order valence-corrected chi connectivity index (χ0v) is 9.82. The lowest BCUT2D eigenvalue weighted by atomic mass is 10.0. The Kier molecular flexibility index (Phi) is 3.76. The molecule has 0 radical (unpaired) electrons. The maximum atomic E-state index is 13.5. The summed E-state index contributed by atoms with van der Waals surface area (Å²) in [5.41, 5.74) is 2.26. The van der Waals surface area contributed by atoms with E-state index < -0.39 is 0 Å². The summed E-state index contributed by atoms with van der Waals surface area (Å²) < 4.78 is 18.3. The van der Waals surface area contributed by atoms with Gasteiger partial charge in [-0.25, -0.2) is 4.39 Å². The summed E-state index contributed by atoms with van der Waals surface area (Å²) in [6.07, 6.45) is 1.76. The molecule has 2 aromatic carbocycles. The predicted molar refractivity (Wildman–Crippen MR) is 66.8 cm³/mol. The van der Waals surface area contributed by atoms with Gasteiger partial charge in [0.2, 0.25) is 0 Å². The van der Waals surface area contributed by atoms with Crippen LogP contribution >= 0.6 is 0 Å². The monoisotopic (exact) mass is 230 g/mol. The number of hydrogen-bond acceptors (Lipinski definition) is 1. The number of ether oxygens (including phenoxy) is 1. The van der Waals surface area contributed by atoms with Crippen molar-refractivity contribution in [1.29, 1.82) is 0 Å². The van der Waals surface area contributed by atoms with Crippen molar-refractivity contribution in [3.63, 3.8) is 0 Å². The van der Waals surface area contributed by atoms with Crippen molar-refractivity contribution in [1.82, 2.24) is 0 Å². The average Bonchev–Trinajstić information content (AvgIpc) is 2.38. The summed E-state index contributed by atoms with van der Waals surface area (Å²) >= 11 is 0. The molecule has 0 atom stereocenters. The van der Waals surface area contributed by atoms with Gasteiger partial charge in [0.25, 0.3) is 0 Å². The van der Waals surface area contributed by atoms with Crippen LogP contribution < -0.4 is 4.74 Å². The molecule has 2 rings (SSSR count). The molecule has 2 heteroatoms. The highest BCUT2D eigenvalue weighted by Crippen LogP contribution is 2.18. The number of aryl methyl sites for hydroxylation is 2. The minimum Gasteiger partial charge on any atom is -0.494 e. The van der Waals surface area contributed by atoms with Crippen LogP contribution in [0.25, 0.3) is 0 Å². The molecule has 0 aliphatic rings. The minimum atomic E-state index is -0.293. The standard InChI is InChI=1S/C15H15FO/c1-17-15-10-9-13(11-14(15)16)8-7-12-5-3-2-4-6-12/h2-6,9-11H,7-8H2,1H3. The Bertz CT molecular complexity index is 480. The topological polar surface area (TPSA) is 9.23 Å². The van der Waals surface area contributed by atoms with E-state index in [0.29, 0.717) is 5.75 Å². The van der Waals surface area contributed by atoms with Crippen molar-refractivity contribution in [2.75, 3.05) is 7.11 Å². The van der Waals surface area contributed by atoms with Crippen LogP contribution in [0.3, 0.4) is 0 Å². The van der Waals surface area contributed by atoms with Crippen molar-refractivity contribution in [2.45, 2.75) is 12.8 Å². The molecule has 1 nitrogen and oxygen atoms in total. The van der Waals surface area contributed by atoms with E-state index in [-0.39, 0.29) is 5.82 Å². The Morgan fingerprint density at radius 3 is 2.29 bits per heavy atom. The van der Waals surface area contributed by atoms with E-state index in [9.17, 15) is 4.39 Å². The van der Waals surface area contributed by atoms with Crippen LogP contribution in [-0.4, -0.2) is 7.11 Å². The fourth-order valence-corrected chi connectivity index (χ4v) is 1.80. The lowest BCUT2D eigenvalue weighted by Crippen LogP contribution is -1.94. The highest BCUT2D eigenvalue weighted by molar-refractivity contribution is 5.30. The Hall–Kier alpha value is -1.83. The number of halogens is 1. The largest absolute Gasteiger partial charge is 0.494 e. The van der Waals surface area contributed by atoms with Crippen LogP contribution in [0.15, 0.2) is 48.5 Å². The van der Waals surface area contributed by atoms with E-state index in [1.54, 1.807) is 12.1 Å². The van der Waals surface area contributed by atoms with Crippen molar-refractivity contribution in [3.05, 3.63) is 65.5 Å². The van der Waals surface area contributed by atoms with E-state index in [4.69, 9.17) is 4.74 Å². The minimum absolute atomic E-state index is 0.293. The second kappa shape index (κ2) is 5.48. The number of rotatable bonds is 4. The van der Waals surface area contributed by atoms with Crippen LogP contribution in [0.5, 0.6) is 5.75 Å². The molecule has 0 bridgehead atoms. The third kappa shape index (κ3) is 3.06. The molecule has 0 unspecified atom stereocenters. The molecule has 0 aromatic heterocycles. The van der Waals surface area contributed by atoms with Gasteiger partial charge < -0.3 is 4.74 Å². The van der Waals surface area contributed by atoms with Gasteiger partial charge in [-0.05, 0) is 36.1 Å². The van der Waals surface area contributed by atoms with Crippen molar-refractivity contribution >= 4 is 0 Å². The highest BCUT2D eigenvalue weighted by atomic mass is 19.1. The number of methoxy groups -OCH3 is 1. The van der Waals surface area contributed by atoms with E-state index >= 15 is 0 Å². The number of hydrogen-bond donors (Lipinski definition) is 0. The van der Waals surface area contributed by atoms with Crippen LogP contribution in [0.2, 0.25) is 0 Å². The number of benzene rings is 2. The van der Waals surface area contributed by atoms with Gasteiger partial charge in [0.05, 0.1) is 7.11 Å². The summed E-state index contributed by atoms with van der Waals surface area (Å²) in [5.74, 6) is 0.00604. The molecule has 0 spiro atoms. The third-order valence-corrected chi connectivity index (χ3v) is 2.76. The van der Waals surface area contributed by atoms with Gasteiger partial charge in [0.1, 0.15) is 0 Å². The first-order chi connectivity index (χ1) is 8.29. The fraction of sp³-hybridized carbons (Fsp3) is 0.200. The molecule has 0 amide bonds. The maximum Gasteiger partial charge on any atom is 0.165 e. The molecular formula is C15H15FO. The molecule has 17 heavy (non-hydrogen) atoms. The quantitative estimate of drug-likeness (QED) is 0.779. The smallest absolute Gasteiger partial charge is 0.165 e. The molecule has 88 valence electrons. The first kappa shape index (κ1) is 11.6. The normalized spacial score (nSPS) is 10.2. The lowest BCUT2D eigenvalue weighted by Gasteiger charge is -2.05. The summed E-state index contributed by atoms with van der Waals surface area (Å²) in [7, 11) is 1.47. The molecule has 0 saturated heterocycles. The van der Waals surface area contributed by atoms with Crippen LogP contribution in [0.1, 0.15) is 11.1 Å². The van der Waals surface area contributed by atoms with Gasteiger partial charge in [-0.3, -0.25) is 0 Å². The molecular weight excluding hydrogens is 215 g/mol. The maximum absolute atomic E-state index is 13.5. The average molecular weight is 230 g/mol. The lowest BCUT2D eigenvalue weighted by molar-refractivity contribution is 0.386. The van der Waals surface area contributed by atoms with Crippen LogP contribution in [0, 0.1) is 5.82 Å². The fourth-order valence-electron chi connectivity index (χ4n) is 1.80. The van der Waals surface area contributed by atoms with E-state index in [0.717, 1.165) is 18.4 Å². The Balaban J connectivity index is 2.02. The molecule has 0 aliphatic carbocycles. The first-order valence-electron chi connectivity index (χ1n) is 5.66. The van der Waals surface area contributed by atoms with E-state index in [1.807, 2.05) is 24.3 Å². The van der Waals surface area contributed by atoms with Gasteiger partial charge in [-0.1, -0.05) is 36.4 Å². The summed E-state index contributed by atoms with van der Waals surface area (Å²) in [4.78, 5) is 0. The van der Waals surface area contributed by atoms with Crippen molar-refractivity contribution < 1.29 is 9.13 Å². The summed E-state index contributed by atoms with van der Waals surface area (Å²) in [5, 5.41) is 0. The second-order valence-electron chi connectivity index (χ2n) is 3.95. The van der Waals surface area contributed by atoms with E-state index in [2.05, 4.69) is 12.1 Å². The van der Waals surface area contributed by atoms with Crippen molar-refractivity contribution in [2.24, 2.45) is 0 Å². The summed E-state index contributed by atoms with van der Waals surface area (Å²) in [6, 6.07) is 15.3. The predicted octanol–water partition coefficient (Wildman–Crippen LogP) is 3.62. The Labute approximate surface area is 101 Å². The molecule has 0 saturated carbocycles. The molecule has 0 fully saturated rings. The molecule has 0 heterocycles. The van der Waals surface area contributed by atoms with Crippen LogP contribution in [0.4, 0.5) is 4.39 Å².